The number of aliphatic hydroxyl groups is 1. The number of aliphatic hydroxyl groups excluding tert-OH is 1. The highest BCUT2D eigenvalue weighted by Crippen LogP contribution is 2.12. The monoisotopic (exact) mass is 387 g/mol. The minimum absolute atomic E-state index is 0.0602. The number of carboxylic acid groups (broad SMARTS) is 2. The summed E-state index contributed by atoms with van der Waals surface area (Å²) in [4.78, 5) is 50.9. The summed E-state index contributed by atoms with van der Waals surface area (Å²) in [6.45, 7) is 2.80. The number of aliphatic carboxylic acids is 2. The van der Waals surface area contributed by atoms with E-state index in [9.17, 15) is 24.3 Å². The molecule has 1 saturated heterocycles. The number of Topliss-reactive ketones (excluding diaryl/α,β-unsaturated/α-hetero) is 2. The van der Waals surface area contributed by atoms with Crippen LogP contribution in [0.2, 0.25) is 0 Å². The van der Waals surface area contributed by atoms with Crippen LogP contribution in [-0.2, 0) is 19.2 Å². The third-order valence-electron chi connectivity index (χ3n) is 4.60. The largest absolute Gasteiger partial charge is 0.480 e. The lowest BCUT2D eigenvalue weighted by Gasteiger charge is -2.31. The summed E-state index contributed by atoms with van der Waals surface area (Å²) in [5, 5.41) is 27.4. The zero-order chi connectivity index (χ0) is 20.4. The van der Waals surface area contributed by atoms with Crippen LogP contribution >= 0.6 is 0 Å². The van der Waals surface area contributed by atoms with Crippen LogP contribution in [0.1, 0.15) is 19.8 Å². The minimum atomic E-state index is -0.981. The maximum atomic E-state index is 12.2. The van der Waals surface area contributed by atoms with Gasteiger partial charge in [-0.2, -0.15) is 0 Å². The van der Waals surface area contributed by atoms with Crippen LogP contribution in [0.3, 0.4) is 0 Å². The lowest BCUT2D eigenvalue weighted by Crippen LogP contribution is -2.48. The van der Waals surface area contributed by atoms with Crippen LogP contribution in [0.5, 0.6) is 0 Å². The van der Waals surface area contributed by atoms with Gasteiger partial charge in [-0.05, 0) is 13.3 Å². The Morgan fingerprint density at radius 2 is 1.30 bits per heavy atom. The van der Waals surface area contributed by atoms with E-state index in [0.29, 0.717) is 39.3 Å². The molecule has 10 nitrogen and oxygen atoms in total. The van der Waals surface area contributed by atoms with Gasteiger partial charge in [0.05, 0.1) is 19.1 Å². The van der Waals surface area contributed by atoms with Crippen molar-refractivity contribution in [2.75, 3.05) is 59.0 Å². The van der Waals surface area contributed by atoms with Gasteiger partial charge in [0.25, 0.3) is 0 Å². The van der Waals surface area contributed by atoms with Crippen molar-refractivity contribution >= 4 is 23.5 Å². The van der Waals surface area contributed by atoms with Crippen molar-refractivity contribution in [1.29, 1.82) is 0 Å². The smallest absolute Gasteiger partial charge is 0.317 e. The van der Waals surface area contributed by atoms with Gasteiger partial charge in [-0.3, -0.25) is 29.1 Å². The number of ketones is 2. The second-order valence-electron chi connectivity index (χ2n) is 6.76. The van der Waals surface area contributed by atoms with Gasteiger partial charge in [0.15, 0.2) is 5.78 Å². The van der Waals surface area contributed by atoms with E-state index in [1.165, 1.54) is 6.92 Å². The molecule has 0 aromatic carbocycles. The van der Waals surface area contributed by atoms with Gasteiger partial charge in [0.2, 0.25) is 0 Å². The highest BCUT2D eigenvalue weighted by Gasteiger charge is 2.28. The standard InChI is InChI=1S/C17H29N3O7/c1-13(22)2-3-14(15(23)12-21)20-8-6-18(10-16(24)25)4-5-19(7-9-20)11-17(26)27/h14,21H,2-12H2,1H3,(H,24,25)(H,26,27). The molecule has 1 rings (SSSR count). The first kappa shape index (κ1) is 23.2. The first-order valence-electron chi connectivity index (χ1n) is 8.98. The van der Waals surface area contributed by atoms with Gasteiger partial charge in [-0.1, -0.05) is 0 Å². The minimum Gasteiger partial charge on any atom is -0.480 e. The Kier molecular flexibility index (Phi) is 10.1. The molecule has 0 amide bonds. The van der Waals surface area contributed by atoms with Gasteiger partial charge < -0.3 is 20.1 Å². The summed E-state index contributed by atoms with van der Waals surface area (Å²) in [6.07, 6.45) is 0.469. The fraction of sp³-hybridized carbons (Fsp3) is 0.765. The molecule has 1 fully saturated rings. The van der Waals surface area contributed by atoms with Crippen LogP contribution in [0, 0.1) is 0 Å². The summed E-state index contributed by atoms with van der Waals surface area (Å²) < 4.78 is 0. The number of hydrogen-bond acceptors (Lipinski definition) is 8. The van der Waals surface area contributed by atoms with E-state index in [1.807, 2.05) is 4.90 Å². The van der Waals surface area contributed by atoms with Gasteiger partial charge >= 0.3 is 11.9 Å². The van der Waals surface area contributed by atoms with E-state index in [4.69, 9.17) is 10.2 Å². The van der Waals surface area contributed by atoms with Crippen molar-refractivity contribution in [2.24, 2.45) is 0 Å². The van der Waals surface area contributed by atoms with Crippen LogP contribution in [0.4, 0.5) is 0 Å². The zero-order valence-corrected chi connectivity index (χ0v) is 15.7. The van der Waals surface area contributed by atoms with E-state index in [0.717, 1.165) is 0 Å². The van der Waals surface area contributed by atoms with Crippen molar-refractivity contribution in [3.8, 4) is 0 Å². The Morgan fingerprint density at radius 3 is 1.67 bits per heavy atom. The third kappa shape index (κ3) is 9.05. The number of nitrogens with zero attached hydrogens (tertiary/aromatic N) is 3. The van der Waals surface area contributed by atoms with E-state index in [1.54, 1.807) is 9.80 Å². The Morgan fingerprint density at radius 1 is 0.852 bits per heavy atom. The molecule has 1 unspecified atom stereocenters. The molecule has 0 radical (unpaired) electrons. The van der Waals surface area contributed by atoms with Crippen LogP contribution < -0.4 is 0 Å². The van der Waals surface area contributed by atoms with Gasteiger partial charge in [-0.25, -0.2) is 0 Å². The first-order valence-corrected chi connectivity index (χ1v) is 8.98. The predicted octanol–water partition coefficient (Wildman–Crippen LogP) is -1.63. The summed E-state index contributed by atoms with van der Waals surface area (Å²) in [6, 6.07) is -0.657. The molecule has 3 N–H and O–H groups in total. The summed E-state index contributed by atoms with van der Waals surface area (Å²) in [5.74, 6) is -2.42. The maximum Gasteiger partial charge on any atom is 0.317 e. The molecule has 1 aliphatic heterocycles. The normalized spacial score (nSPS) is 18.9. The molecule has 0 aromatic rings. The molecule has 10 heteroatoms. The third-order valence-corrected chi connectivity index (χ3v) is 4.60. The van der Waals surface area contributed by atoms with Crippen molar-refractivity contribution in [1.82, 2.24) is 14.7 Å². The average molecular weight is 387 g/mol. The van der Waals surface area contributed by atoms with Gasteiger partial charge in [-0.15, -0.1) is 0 Å². The summed E-state index contributed by atoms with van der Waals surface area (Å²) >= 11 is 0. The van der Waals surface area contributed by atoms with Crippen molar-refractivity contribution in [3.05, 3.63) is 0 Å². The Balaban J connectivity index is 2.95. The lowest BCUT2D eigenvalue weighted by molar-refractivity contribution is -0.140. The van der Waals surface area contributed by atoms with Crippen molar-refractivity contribution in [2.45, 2.75) is 25.8 Å². The SMILES string of the molecule is CC(=O)CCC(C(=O)CO)N1CCN(CC(=O)O)CCN(CC(=O)O)CC1. The highest BCUT2D eigenvalue weighted by atomic mass is 16.4. The fourth-order valence-electron chi connectivity index (χ4n) is 3.16. The van der Waals surface area contributed by atoms with Gasteiger partial charge in [0.1, 0.15) is 12.4 Å². The quantitative estimate of drug-likeness (QED) is 0.400. The highest BCUT2D eigenvalue weighted by molar-refractivity contribution is 5.86. The molecule has 1 aliphatic rings. The van der Waals surface area contributed by atoms with Crippen molar-refractivity contribution < 1.29 is 34.5 Å². The lowest BCUT2D eigenvalue weighted by atomic mass is 10.0. The molecule has 0 spiro atoms. The second-order valence-corrected chi connectivity index (χ2v) is 6.76. The number of rotatable bonds is 10. The van der Waals surface area contributed by atoms with Crippen molar-refractivity contribution in [3.63, 3.8) is 0 Å². The molecular formula is C17H29N3O7. The van der Waals surface area contributed by atoms with Gasteiger partial charge in [0, 0.05) is 45.7 Å². The Hall–Kier alpha value is -1.88. The predicted molar refractivity (Wildman–Crippen MR) is 95.5 cm³/mol. The second kappa shape index (κ2) is 11.8. The number of carbonyl (C=O) groups is 4. The molecular weight excluding hydrogens is 358 g/mol. The van der Waals surface area contributed by atoms with Crippen LogP contribution in [0.25, 0.3) is 0 Å². The van der Waals surface area contributed by atoms with Crippen LogP contribution in [-0.4, -0.2) is 119 Å². The molecule has 27 heavy (non-hydrogen) atoms. The summed E-state index contributed by atoms with van der Waals surface area (Å²) in [7, 11) is 0. The average Bonchev–Trinajstić information content (AvgIpc) is 2.66. The molecule has 0 bridgehead atoms. The topological polar surface area (TPSA) is 139 Å². The molecule has 0 saturated carbocycles. The molecule has 0 aromatic heterocycles. The Bertz CT molecular complexity index is 513. The zero-order valence-electron chi connectivity index (χ0n) is 15.7. The molecule has 1 atom stereocenters. The van der Waals surface area contributed by atoms with E-state index < -0.39 is 30.4 Å². The van der Waals surface area contributed by atoms with E-state index >= 15 is 0 Å². The fourth-order valence-corrected chi connectivity index (χ4v) is 3.16. The molecule has 0 aliphatic carbocycles. The Labute approximate surface area is 158 Å². The first-order chi connectivity index (χ1) is 12.7. The maximum absolute atomic E-state index is 12.2. The molecule has 154 valence electrons. The number of hydrogen-bond donors (Lipinski definition) is 3. The number of carbonyl (C=O) groups excluding carboxylic acids is 2. The van der Waals surface area contributed by atoms with E-state index in [2.05, 4.69) is 0 Å². The van der Waals surface area contributed by atoms with E-state index in [-0.39, 0.29) is 31.7 Å². The summed E-state index contributed by atoms with van der Waals surface area (Å²) in [5.41, 5.74) is 0. The van der Waals surface area contributed by atoms with Crippen LogP contribution in [0.15, 0.2) is 0 Å². The number of carboxylic acids is 2. The molecule has 1 heterocycles.